The standard InChI is InChI=1S/C14H16F3N3O5S/c15-14(16,17)9-1-3-10(4-2-9)26(24,25)20-6-5-19(8-12(18)21)7-11(20)13(22)23/h1-4,11H,5-8H2,(H2,18,21)(H,22,23)/t11-/m1/s1. The molecule has 1 heterocycles. The molecule has 3 N–H and O–H groups in total. The number of amides is 1. The number of carboxylic acid groups (broad SMARTS) is 1. The molecule has 12 heteroatoms. The van der Waals surface area contributed by atoms with E-state index in [1.54, 1.807) is 0 Å². The second-order valence-corrected chi connectivity index (χ2v) is 7.58. The molecule has 0 bridgehead atoms. The quantitative estimate of drug-likeness (QED) is 0.721. The maximum atomic E-state index is 12.7. The molecule has 0 aromatic heterocycles. The summed E-state index contributed by atoms with van der Waals surface area (Å²) < 4.78 is 63.8. The lowest BCUT2D eigenvalue weighted by Gasteiger charge is -2.37. The maximum absolute atomic E-state index is 12.7. The van der Waals surface area contributed by atoms with Gasteiger partial charge in [0.25, 0.3) is 0 Å². The minimum atomic E-state index is -4.62. The Morgan fingerprint density at radius 1 is 1.19 bits per heavy atom. The van der Waals surface area contributed by atoms with Crippen LogP contribution in [-0.4, -0.2) is 66.8 Å². The molecule has 0 saturated carbocycles. The molecule has 0 spiro atoms. The number of hydrogen-bond donors (Lipinski definition) is 2. The van der Waals surface area contributed by atoms with Gasteiger partial charge in [-0.2, -0.15) is 17.5 Å². The zero-order chi connectivity index (χ0) is 19.7. The molecular weight excluding hydrogens is 379 g/mol. The second-order valence-electron chi connectivity index (χ2n) is 5.69. The first-order valence-electron chi connectivity index (χ1n) is 7.35. The van der Waals surface area contributed by atoms with Crippen LogP contribution in [0.2, 0.25) is 0 Å². The number of piperazine rings is 1. The van der Waals surface area contributed by atoms with E-state index in [9.17, 15) is 36.3 Å². The Hall–Kier alpha value is -2.18. The molecule has 1 fully saturated rings. The van der Waals surface area contributed by atoms with Gasteiger partial charge in [-0.05, 0) is 24.3 Å². The summed E-state index contributed by atoms with van der Waals surface area (Å²) in [6.07, 6.45) is -4.62. The van der Waals surface area contributed by atoms with E-state index in [1.165, 1.54) is 4.90 Å². The summed E-state index contributed by atoms with van der Waals surface area (Å²) in [6, 6.07) is 1.31. The van der Waals surface area contributed by atoms with Crippen molar-refractivity contribution >= 4 is 21.9 Å². The van der Waals surface area contributed by atoms with Crippen LogP contribution in [0.4, 0.5) is 13.2 Å². The molecule has 2 rings (SSSR count). The number of aliphatic carboxylic acids is 1. The molecule has 26 heavy (non-hydrogen) atoms. The first-order chi connectivity index (χ1) is 11.9. The topological polar surface area (TPSA) is 121 Å². The van der Waals surface area contributed by atoms with Crippen LogP contribution in [0.5, 0.6) is 0 Å². The zero-order valence-electron chi connectivity index (χ0n) is 13.3. The highest BCUT2D eigenvalue weighted by Crippen LogP contribution is 2.30. The van der Waals surface area contributed by atoms with E-state index in [1.807, 2.05) is 0 Å². The van der Waals surface area contributed by atoms with Gasteiger partial charge in [0.05, 0.1) is 17.0 Å². The minimum absolute atomic E-state index is 0.0621. The van der Waals surface area contributed by atoms with Gasteiger partial charge in [-0.25, -0.2) is 8.42 Å². The first kappa shape index (κ1) is 20.1. The SMILES string of the molecule is NC(=O)CN1CCN(S(=O)(=O)c2ccc(C(F)(F)F)cc2)[C@@H](C(=O)O)C1. The first-order valence-corrected chi connectivity index (χ1v) is 8.79. The summed E-state index contributed by atoms with van der Waals surface area (Å²) >= 11 is 0. The van der Waals surface area contributed by atoms with Crippen LogP contribution in [0.25, 0.3) is 0 Å². The number of nitrogens with zero attached hydrogens (tertiary/aromatic N) is 2. The number of carboxylic acids is 1. The van der Waals surface area contributed by atoms with Crippen LogP contribution in [0.1, 0.15) is 5.56 Å². The number of alkyl halides is 3. The van der Waals surface area contributed by atoms with Crippen molar-refractivity contribution in [3.63, 3.8) is 0 Å². The van der Waals surface area contributed by atoms with Crippen molar-refractivity contribution in [1.82, 2.24) is 9.21 Å². The highest BCUT2D eigenvalue weighted by molar-refractivity contribution is 7.89. The Bertz CT molecular complexity index is 795. The Kier molecular flexibility index (Phi) is 5.58. The van der Waals surface area contributed by atoms with Crippen molar-refractivity contribution in [3.05, 3.63) is 29.8 Å². The Morgan fingerprint density at radius 2 is 1.77 bits per heavy atom. The summed E-state index contributed by atoms with van der Waals surface area (Å²) in [5.74, 6) is -2.12. The summed E-state index contributed by atoms with van der Waals surface area (Å²) in [7, 11) is -4.33. The van der Waals surface area contributed by atoms with Crippen molar-refractivity contribution < 1.29 is 36.3 Å². The summed E-state index contributed by atoms with van der Waals surface area (Å²) in [5.41, 5.74) is 4.04. The van der Waals surface area contributed by atoms with Gasteiger partial charge in [-0.3, -0.25) is 14.5 Å². The van der Waals surface area contributed by atoms with E-state index in [2.05, 4.69) is 0 Å². The summed E-state index contributed by atoms with van der Waals surface area (Å²) in [4.78, 5) is 23.4. The van der Waals surface area contributed by atoms with Gasteiger partial charge in [-0.1, -0.05) is 0 Å². The Balaban J connectivity index is 2.29. The lowest BCUT2D eigenvalue weighted by Crippen LogP contribution is -2.59. The predicted octanol–water partition coefficient (Wildman–Crippen LogP) is -0.0498. The normalized spacial score (nSPS) is 20.0. The van der Waals surface area contributed by atoms with Gasteiger partial charge in [0.15, 0.2) is 0 Å². The number of hydrogen-bond acceptors (Lipinski definition) is 5. The third-order valence-electron chi connectivity index (χ3n) is 3.87. The minimum Gasteiger partial charge on any atom is -0.480 e. The Labute approximate surface area is 147 Å². The number of rotatable bonds is 5. The number of carbonyl (C=O) groups excluding carboxylic acids is 1. The highest BCUT2D eigenvalue weighted by Gasteiger charge is 2.40. The van der Waals surface area contributed by atoms with Gasteiger partial charge in [-0.15, -0.1) is 0 Å². The van der Waals surface area contributed by atoms with Gasteiger partial charge in [0.2, 0.25) is 15.9 Å². The van der Waals surface area contributed by atoms with Crippen molar-refractivity contribution in [3.8, 4) is 0 Å². The monoisotopic (exact) mass is 395 g/mol. The van der Waals surface area contributed by atoms with Crippen LogP contribution in [0.3, 0.4) is 0 Å². The molecule has 1 saturated heterocycles. The van der Waals surface area contributed by atoms with Crippen molar-refractivity contribution in [2.24, 2.45) is 5.73 Å². The van der Waals surface area contributed by atoms with E-state index in [4.69, 9.17) is 5.73 Å². The lowest BCUT2D eigenvalue weighted by atomic mass is 10.2. The number of carbonyl (C=O) groups is 2. The average Bonchev–Trinajstić information content (AvgIpc) is 2.53. The van der Waals surface area contributed by atoms with Gasteiger partial charge < -0.3 is 10.8 Å². The molecule has 0 aliphatic carbocycles. The second kappa shape index (κ2) is 7.21. The molecule has 1 aromatic carbocycles. The van der Waals surface area contributed by atoms with Gasteiger partial charge in [0, 0.05) is 19.6 Å². The molecule has 0 unspecified atom stereocenters. The molecule has 8 nitrogen and oxygen atoms in total. The number of benzene rings is 1. The largest absolute Gasteiger partial charge is 0.480 e. The van der Waals surface area contributed by atoms with Crippen LogP contribution >= 0.6 is 0 Å². The van der Waals surface area contributed by atoms with Crippen LogP contribution in [0.15, 0.2) is 29.2 Å². The molecule has 1 aromatic rings. The van der Waals surface area contributed by atoms with Gasteiger partial charge >= 0.3 is 12.1 Å². The summed E-state index contributed by atoms with van der Waals surface area (Å²) in [6.45, 7) is -0.670. The smallest absolute Gasteiger partial charge is 0.416 e. The zero-order valence-corrected chi connectivity index (χ0v) is 14.1. The fraction of sp³-hybridized carbons (Fsp3) is 0.429. The van der Waals surface area contributed by atoms with E-state index in [0.29, 0.717) is 16.4 Å². The third-order valence-corrected chi connectivity index (χ3v) is 5.79. The number of nitrogens with two attached hydrogens (primary N) is 1. The van der Waals surface area contributed by atoms with E-state index in [-0.39, 0.29) is 26.2 Å². The molecule has 1 aliphatic heterocycles. The molecular formula is C14H16F3N3O5S. The van der Waals surface area contributed by atoms with Gasteiger partial charge in [0.1, 0.15) is 6.04 Å². The Morgan fingerprint density at radius 3 is 2.23 bits per heavy atom. The van der Waals surface area contributed by atoms with Crippen molar-refractivity contribution in [1.29, 1.82) is 0 Å². The number of sulfonamides is 1. The average molecular weight is 395 g/mol. The lowest BCUT2D eigenvalue weighted by molar-refractivity contribution is -0.144. The molecule has 1 aliphatic rings. The van der Waals surface area contributed by atoms with E-state index >= 15 is 0 Å². The maximum Gasteiger partial charge on any atom is 0.416 e. The molecule has 1 amide bonds. The van der Waals surface area contributed by atoms with E-state index < -0.39 is 44.6 Å². The van der Waals surface area contributed by atoms with Crippen LogP contribution in [0, 0.1) is 0 Å². The fourth-order valence-corrected chi connectivity index (χ4v) is 4.19. The van der Waals surface area contributed by atoms with Crippen LogP contribution in [-0.2, 0) is 25.8 Å². The van der Waals surface area contributed by atoms with Crippen molar-refractivity contribution in [2.45, 2.75) is 17.1 Å². The van der Waals surface area contributed by atoms with E-state index in [0.717, 1.165) is 12.1 Å². The molecule has 144 valence electrons. The third kappa shape index (κ3) is 4.31. The predicted molar refractivity (Wildman–Crippen MR) is 82.4 cm³/mol. The number of primary amides is 1. The van der Waals surface area contributed by atoms with Crippen LogP contribution < -0.4 is 5.73 Å². The molecule has 0 radical (unpaired) electrons. The van der Waals surface area contributed by atoms with Crippen molar-refractivity contribution in [2.75, 3.05) is 26.2 Å². The highest BCUT2D eigenvalue weighted by atomic mass is 32.2. The number of halogens is 3. The molecule has 1 atom stereocenters. The summed E-state index contributed by atoms with van der Waals surface area (Å²) in [5, 5.41) is 9.32. The fourth-order valence-electron chi connectivity index (χ4n) is 2.63.